The SMILES string of the molecule is O=C(/C=C/c1ccc2c(c1)OCO2)NNC(=O)[C@H]1CCS(=O)(=O)C1. The lowest BCUT2D eigenvalue weighted by Crippen LogP contribution is -2.44. The summed E-state index contributed by atoms with van der Waals surface area (Å²) in [5.41, 5.74) is 5.21. The van der Waals surface area contributed by atoms with Crippen molar-refractivity contribution in [1.29, 1.82) is 0 Å². The summed E-state index contributed by atoms with van der Waals surface area (Å²) in [6, 6.07) is 5.23. The van der Waals surface area contributed by atoms with Gasteiger partial charge >= 0.3 is 0 Å². The van der Waals surface area contributed by atoms with Crippen LogP contribution in [0.2, 0.25) is 0 Å². The first-order valence-corrected chi connectivity index (χ1v) is 9.13. The highest BCUT2D eigenvalue weighted by Crippen LogP contribution is 2.32. The van der Waals surface area contributed by atoms with Gasteiger partial charge in [0.1, 0.15) is 0 Å². The van der Waals surface area contributed by atoms with Crippen LogP contribution in [0, 0.1) is 5.92 Å². The lowest BCUT2D eigenvalue weighted by Gasteiger charge is -2.09. The van der Waals surface area contributed by atoms with Gasteiger partial charge in [0.05, 0.1) is 17.4 Å². The van der Waals surface area contributed by atoms with Crippen LogP contribution in [0.4, 0.5) is 0 Å². The van der Waals surface area contributed by atoms with Crippen LogP contribution >= 0.6 is 0 Å². The number of amides is 2. The van der Waals surface area contributed by atoms with Crippen molar-refractivity contribution in [2.24, 2.45) is 5.92 Å². The lowest BCUT2D eigenvalue weighted by molar-refractivity contribution is -0.129. The number of sulfone groups is 1. The van der Waals surface area contributed by atoms with E-state index < -0.39 is 27.6 Å². The lowest BCUT2D eigenvalue weighted by atomic mass is 10.1. The summed E-state index contributed by atoms with van der Waals surface area (Å²) in [7, 11) is -3.14. The van der Waals surface area contributed by atoms with Gasteiger partial charge < -0.3 is 9.47 Å². The van der Waals surface area contributed by atoms with Crippen molar-refractivity contribution in [2.75, 3.05) is 18.3 Å². The molecule has 0 unspecified atom stereocenters. The molecule has 0 radical (unpaired) electrons. The average molecular weight is 352 g/mol. The molecule has 1 aromatic carbocycles. The molecule has 8 nitrogen and oxygen atoms in total. The Morgan fingerprint density at radius 1 is 1.17 bits per heavy atom. The summed E-state index contributed by atoms with van der Waals surface area (Å²) in [4.78, 5) is 23.5. The van der Waals surface area contributed by atoms with Gasteiger partial charge in [-0.05, 0) is 30.2 Å². The van der Waals surface area contributed by atoms with E-state index in [2.05, 4.69) is 10.9 Å². The molecule has 1 aromatic rings. The van der Waals surface area contributed by atoms with E-state index in [0.717, 1.165) is 5.56 Å². The monoisotopic (exact) mass is 352 g/mol. The molecular weight excluding hydrogens is 336 g/mol. The number of rotatable bonds is 3. The van der Waals surface area contributed by atoms with Crippen molar-refractivity contribution >= 4 is 27.7 Å². The topological polar surface area (TPSA) is 111 Å². The van der Waals surface area contributed by atoms with E-state index >= 15 is 0 Å². The fourth-order valence-electron chi connectivity index (χ4n) is 2.46. The molecule has 1 atom stereocenters. The molecule has 0 saturated carbocycles. The minimum absolute atomic E-state index is 0.00303. The highest BCUT2D eigenvalue weighted by atomic mass is 32.2. The molecule has 9 heteroatoms. The maximum Gasteiger partial charge on any atom is 0.262 e. The Morgan fingerprint density at radius 2 is 1.96 bits per heavy atom. The van der Waals surface area contributed by atoms with Gasteiger partial charge in [-0.15, -0.1) is 0 Å². The third kappa shape index (κ3) is 3.85. The van der Waals surface area contributed by atoms with Crippen LogP contribution in [-0.4, -0.2) is 38.5 Å². The Balaban J connectivity index is 1.50. The van der Waals surface area contributed by atoms with Gasteiger partial charge in [-0.3, -0.25) is 20.4 Å². The first kappa shape index (κ1) is 16.3. The normalized spacial score (nSPS) is 20.9. The van der Waals surface area contributed by atoms with E-state index in [1.165, 1.54) is 6.08 Å². The molecule has 2 amide bonds. The second kappa shape index (κ2) is 6.52. The number of fused-ring (bicyclic) bond motifs is 1. The molecule has 2 aliphatic heterocycles. The van der Waals surface area contributed by atoms with Crippen molar-refractivity contribution in [2.45, 2.75) is 6.42 Å². The number of nitrogens with one attached hydrogen (secondary N) is 2. The summed E-state index contributed by atoms with van der Waals surface area (Å²) in [5, 5.41) is 0. The minimum atomic E-state index is -3.14. The smallest absolute Gasteiger partial charge is 0.262 e. The van der Waals surface area contributed by atoms with Crippen molar-refractivity contribution < 1.29 is 27.5 Å². The molecular formula is C15H16N2O6S. The van der Waals surface area contributed by atoms with Crippen molar-refractivity contribution in [3.05, 3.63) is 29.8 Å². The van der Waals surface area contributed by atoms with Gasteiger partial charge in [0.2, 0.25) is 12.7 Å². The molecule has 1 fully saturated rings. The van der Waals surface area contributed by atoms with Gasteiger partial charge in [-0.1, -0.05) is 6.07 Å². The van der Waals surface area contributed by atoms with Gasteiger partial charge in [0.15, 0.2) is 21.3 Å². The number of ether oxygens (including phenoxy) is 2. The highest BCUT2D eigenvalue weighted by Gasteiger charge is 2.32. The van der Waals surface area contributed by atoms with Crippen LogP contribution in [0.15, 0.2) is 24.3 Å². The molecule has 128 valence electrons. The quantitative estimate of drug-likeness (QED) is 0.586. The van der Waals surface area contributed by atoms with Crippen LogP contribution in [0.3, 0.4) is 0 Å². The van der Waals surface area contributed by atoms with Gasteiger partial charge in [-0.2, -0.15) is 0 Å². The molecule has 1 saturated heterocycles. The molecule has 3 rings (SSSR count). The second-order valence-electron chi connectivity index (χ2n) is 5.52. The minimum Gasteiger partial charge on any atom is -0.454 e. The van der Waals surface area contributed by atoms with E-state index in [4.69, 9.17) is 9.47 Å². The van der Waals surface area contributed by atoms with E-state index in [1.807, 2.05) is 0 Å². The van der Waals surface area contributed by atoms with Crippen molar-refractivity contribution in [1.82, 2.24) is 10.9 Å². The van der Waals surface area contributed by atoms with Crippen molar-refractivity contribution in [3.8, 4) is 11.5 Å². The highest BCUT2D eigenvalue weighted by molar-refractivity contribution is 7.91. The summed E-state index contributed by atoms with van der Waals surface area (Å²) >= 11 is 0. The molecule has 0 aromatic heterocycles. The Hall–Kier alpha value is -2.55. The number of hydrogen-bond acceptors (Lipinski definition) is 6. The largest absolute Gasteiger partial charge is 0.454 e. The van der Waals surface area contributed by atoms with Gasteiger partial charge in [0, 0.05) is 6.08 Å². The Morgan fingerprint density at radius 3 is 2.71 bits per heavy atom. The zero-order valence-corrected chi connectivity index (χ0v) is 13.5. The summed E-state index contributed by atoms with van der Waals surface area (Å²) < 4.78 is 33.1. The number of carbonyl (C=O) groups excluding carboxylic acids is 2. The fourth-order valence-corrected chi connectivity index (χ4v) is 4.20. The van der Waals surface area contributed by atoms with Crippen LogP contribution in [0.25, 0.3) is 6.08 Å². The molecule has 2 N–H and O–H groups in total. The van der Waals surface area contributed by atoms with Crippen LogP contribution < -0.4 is 20.3 Å². The molecule has 2 heterocycles. The summed E-state index contributed by atoms with van der Waals surface area (Å²) in [6.45, 7) is 0.173. The van der Waals surface area contributed by atoms with E-state index in [9.17, 15) is 18.0 Å². The van der Waals surface area contributed by atoms with E-state index in [0.29, 0.717) is 11.5 Å². The summed E-state index contributed by atoms with van der Waals surface area (Å²) in [6.07, 6.45) is 3.09. The Labute approximate surface area is 138 Å². The average Bonchev–Trinajstić information content (AvgIpc) is 3.15. The predicted molar refractivity (Wildman–Crippen MR) is 84.6 cm³/mol. The molecule has 0 aliphatic carbocycles. The molecule has 2 aliphatic rings. The Bertz CT molecular complexity index is 802. The van der Waals surface area contributed by atoms with E-state index in [1.54, 1.807) is 24.3 Å². The maximum absolute atomic E-state index is 11.8. The van der Waals surface area contributed by atoms with E-state index in [-0.39, 0.29) is 24.7 Å². The van der Waals surface area contributed by atoms with Crippen LogP contribution in [0.5, 0.6) is 11.5 Å². The predicted octanol–water partition coefficient (Wildman–Crippen LogP) is 0.0106. The number of hydrazine groups is 1. The summed E-state index contributed by atoms with van der Waals surface area (Å²) in [5.74, 6) is -0.565. The fraction of sp³-hybridized carbons (Fsp3) is 0.333. The van der Waals surface area contributed by atoms with Gasteiger partial charge in [-0.25, -0.2) is 8.42 Å². The number of carbonyl (C=O) groups is 2. The third-order valence-corrected chi connectivity index (χ3v) is 5.50. The molecule has 0 bridgehead atoms. The Kier molecular flexibility index (Phi) is 4.43. The van der Waals surface area contributed by atoms with Crippen LogP contribution in [0.1, 0.15) is 12.0 Å². The molecule has 24 heavy (non-hydrogen) atoms. The first-order valence-electron chi connectivity index (χ1n) is 7.31. The third-order valence-electron chi connectivity index (χ3n) is 3.74. The zero-order chi connectivity index (χ0) is 17.2. The molecule has 0 spiro atoms. The zero-order valence-electron chi connectivity index (χ0n) is 12.7. The van der Waals surface area contributed by atoms with Crippen molar-refractivity contribution in [3.63, 3.8) is 0 Å². The first-order chi connectivity index (χ1) is 11.4. The second-order valence-corrected chi connectivity index (χ2v) is 7.75. The van der Waals surface area contributed by atoms with Crippen LogP contribution in [-0.2, 0) is 19.4 Å². The maximum atomic E-state index is 11.8. The van der Waals surface area contributed by atoms with Gasteiger partial charge in [0.25, 0.3) is 5.91 Å². The number of hydrogen-bond donors (Lipinski definition) is 2. The number of benzene rings is 1. The standard InChI is InChI=1S/C15H16N2O6S/c18-14(16-17-15(19)11-5-6-24(20,21)8-11)4-2-10-1-3-12-13(7-10)23-9-22-12/h1-4,7,11H,5-6,8-9H2,(H,16,18)(H,17,19)/b4-2+/t11-/m0/s1.